The van der Waals surface area contributed by atoms with Crippen molar-refractivity contribution in [2.75, 3.05) is 0 Å². The summed E-state index contributed by atoms with van der Waals surface area (Å²) in [5, 5.41) is 9.84. The van der Waals surface area contributed by atoms with E-state index in [4.69, 9.17) is 4.74 Å². The molecule has 0 aliphatic carbocycles. The molecule has 2 aromatic rings. The van der Waals surface area contributed by atoms with Crippen molar-refractivity contribution in [2.45, 2.75) is 13.0 Å². The highest BCUT2D eigenvalue weighted by molar-refractivity contribution is 7.27. The molecule has 5 heteroatoms. The molecule has 0 radical (unpaired) electrons. The first kappa shape index (κ1) is 14.5. The fourth-order valence-electron chi connectivity index (χ4n) is 1.74. The maximum Gasteiger partial charge on any atom is 0.310 e. The van der Waals surface area contributed by atoms with Gasteiger partial charge >= 0.3 is 5.97 Å². The minimum absolute atomic E-state index is 0.118. The molecule has 1 N–H and O–H groups in total. The van der Waals surface area contributed by atoms with Gasteiger partial charge in [0.2, 0.25) is 0 Å². The van der Waals surface area contributed by atoms with E-state index in [1.165, 1.54) is 6.07 Å². The summed E-state index contributed by atoms with van der Waals surface area (Å²) in [5.41, 5.74) is 1.10. The fraction of sp³-hybridized carbons (Fsp3) is 0.133. The van der Waals surface area contributed by atoms with E-state index in [0.29, 0.717) is 0 Å². The minimum atomic E-state index is -0.515. The minimum Gasteiger partial charge on any atom is -0.508 e. The largest absolute Gasteiger partial charge is 0.508 e. The second kappa shape index (κ2) is 6.49. The van der Waals surface area contributed by atoms with Crippen LogP contribution in [0.3, 0.4) is 0 Å². The van der Waals surface area contributed by atoms with Gasteiger partial charge in [-0.2, -0.15) is 0 Å². The summed E-state index contributed by atoms with van der Waals surface area (Å²) < 4.78 is 18.5. The Balaban J connectivity index is 2.00. The normalized spacial score (nSPS) is 10.3. The quantitative estimate of drug-likeness (QED) is 0.695. The number of phenolic OH excluding ortho intramolecular Hbond substituents is 1. The molecule has 0 saturated carbocycles. The highest BCUT2D eigenvalue weighted by atomic mass is 31.0. The lowest BCUT2D eigenvalue weighted by molar-refractivity contribution is -0.144. The van der Waals surface area contributed by atoms with Crippen molar-refractivity contribution < 1.29 is 19.0 Å². The molecule has 20 heavy (non-hydrogen) atoms. The molecule has 2 aromatic carbocycles. The lowest BCUT2D eigenvalue weighted by atomic mass is 10.1. The molecule has 0 aromatic heterocycles. The third-order valence-electron chi connectivity index (χ3n) is 2.84. The van der Waals surface area contributed by atoms with Gasteiger partial charge in [-0.1, -0.05) is 30.3 Å². The summed E-state index contributed by atoms with van der Waals surface area (Å²) in [7, 11) is 2.18. The lowest BCUT2D eigenvalue weighted by Crippen LogP contribution is -2.14. The molecule has 1 atom stereocenters. The van der Waals surface area contributed by atoms with Crippen molar-refractivity contribution in [3.63, 3.8) is 0 Å². The first-order valence-electron chi connectivity index (χ1n) is 6.03. The molecule has 0 spiro atoms. The van der Waals surface area contributed by atoms with Crippen molar-refractivity contribution in [3.8, 4) is 5.75 Å². The van der Waals surface area contributed by atoms with Crippen LogP contribution in [0.1, 0.15) is 11.1 Å². The van der Waals surface area contributed by atoms with Crippen LogP contribution in [0.5, 0.6) is 5.75 Å². The second-order valence-electron chi connectivity index (χ2n) is 4.28. The third kappa shape index (κ3) is 3.55. The number of esters is 1. The Morgan fingerprint density at radius 3 is 2.60 bits per heavy atom. The van der Waals surface area contributed by atoms with Crippen molar-refractivity contribution in [3.05, 3.63) is 59.4 Å². The Kier molecular flexibility index (Phi) is 4.70. The van der Waals surface area contributed by atoms with Crippen LogP contribution in [0.4, 0.5) is 4.39 Å². The third-order valence-corrected chi connectivity index (χ3v) is 3.47. The summed E-state index contributed by atoms with van der Waals surface area (Å²) >= 11 is 0. The Bertz CT molecular complexity index is 614. The van der Waals surface area contributed by atoms with Gasteiger partial charge in [0.15, 0.2) is 0 Å². The summed E-state index contributed by atoms with van der Waals surface area (Å²) in [4.78, 5) is 11.7. The van der Waals surface area contributed by atoms with Crippen LogP contribution >= 0.6 is 9.24 Å². The molecule has 0 fully saturated rings. The average molecular weight is 292 g/mol. The summed E-state index contributed by atoms with van der Waals surface area (Å²) in [6, 6.07) is 11.6. The number of aromatic hydroxyl groups is 1. The number of phenols is 1. The zero-order chi connectivity index (χ0) is 14.5. The predicted octanol–water partition coefficient (Wildman–Crippen LogP) is 2.32. The highest BCUT2D eigenvalue weighted by Gasteiger charge is 2.14. The molecular weight excluding hydrogens is 278 g/mol. The van der Waals surface area contributed by atoms with Crippen LogP contribution in [0, 0.1) is 5.82 Å². The monoisotopic (exact) mass is 292 g/mol. The number of halogens is 1. The molecule has 104 valence electrons. The van der Waals surface area contributed by atoms with E-state index in [9.17, 15) is 14.3 Å². The van der Waals surface area contributed by atoms with Gasteiger partial charge in [0.1, 0.15) is 18.2 Å². The lowest BCUT2D eigenvalue weighted by Gasteiger charge is -2.09. The van der Waals surface area contributed by atoms with Gasteiger partial charge in [0.05, 0.1) is 6.42 Å². The van der Waals surface area contributed by atoms with E-state index in [1.54, 1.807) is 0 Å². The smallest absolute Gasteiger partial charge is 0.310 e. The Morgan fingerprint density at radius 2 is 1.90 bits per heavy atom. The molecule has 0 aliphatic rings. The van der Waals surface area contributed by atoms with Gasteiger partial charge in [0.25, 0.3) is 0 Å². The SMILES string of the molecule is O=C(Cc1c(O)ccc(F)c1P)OCc1ccccc1. The molecule has 3 nitrogen and oxygen atoms in total. The number of carbonyl (C=O) groups is 1. The zero-order valence-electron chi connectivity index (χ0n) is 10.7. The average Bonchev–Trinajstić information content (AvgIpc) is 2.46. The van der Waals surface area contributed by atoms with Crippen LogP contribution in [0.15, 0.2) is 42.5 Å². The van der Waals surface area contributed by atoms with Crippen molar-refractivity contribution in [1.82, 2.24) is 0 Å². The Morgan fingerprint density at radius 1 is 1.20 bits per heavy atom. The number of ether oxygens (including phenoxy) is 1. The van der Waals surface area contributed by atoms with Gasteiger partial charge in [-0.3, -0.25) is 4.79 Å². The molecule has 0 amide bonds. The van der Waals surface area contributed by atoms with E-state index in [-0.39, 0.29) is 29.6 Å². The van der Waals surface area contributed by atoms with Crippen molar-refractivity contribution >= 4 is 20.5 Å². The number of carbonyl (C=O) groups excluding carboxylic acids is 1. The van der Waals surface area contributed by atoms with Crippen LogP contribution in [0.25, 0.3) is 0 Å². The summed E-state index contributed by atoms with van der Waals surface area (Å²) in [5.74, 6) is -1.12. The van der Waals surface area contributed by atoms with Gasteiger partial charge in [0, 0.05) is 10.9 Å². The first-order chi connectivity index (χ1) is 9.58. The van der Waals surface area contributed by atoms with Gasteiger partial charge in [-0.15, -0.1) is 9.24 Å². The maximum absolute atomic E-state index is 13.4. The summed E-state index contributed by atoms with van der Waals surface area (Å²) in [6.45, 7) is 0.155. The van der Waals surface area contributed by atoms with E-state index in [0.717, 1.165) is 11.6 Å². The van der Waals surface area contributed by atoms with E-state index in [1.807, 2.05) is 30.3 Å². The number of hydrogen-bond acceptors (Lipinski definition) is 3. The standard InChI is InChI=1S/C15H14FO3P/c16-12-6-7-13(17)11(15(12)20)8-14(18)19-9-10-4-2-1-3-5-10/h1-7,17H,8-9,20H2. The van der Waals surface area contributed by atoms with Crippen LogP contribution < -0.4 is 5.30 Å². The molecular formula is C15H14FO3P. The van der Waals surface area contributed by atoms with E-state index >= 15 is 0 Å². The second-order valence-corrected chi connectivity index (χ2v) is 4.86. The first-order valence-corrected chi connectivity index (χ1v) is 6.61. The van der Waals surface area contributed by atoms with Gasteiger partial charge in [-0.05, 0) is 17.7 Å². The maximum atomic E-state index is 13.4. The zero-order valence-corrected chi connectivity index (χ0v) is 11.8. The van der Waals surface area contributed by atoms with Crippen LogP contribution in [-0.2, 0) is 22.6 Å². The molecule has 2 rings (SSSR count). The van der Waals surface area contributed by atoms with Gasteiger partial charge in [-0.25, -0.2) is 4.39 Å². The number of hydrogen-bond donors (Lipinski definition) is 1. The molecule has 0 saturated heterocycles. The summed E-state index contributed by atoms with van der Waals surface area (Å²) in [6.07, 6.45) is -0.171. The Hall–Kier alpha value is -1.93. The molecule has 0 aliphatic heterocycles. The number of rotatable bonds is 4. The molecule has 0 heterocycles. The fourth-order valence-corrected chi connectivity index (χ4v) is 2.09. The van der Waals surface area contributed by atoms with Crippen LogP contribution in [-0.4, -0.2) is 11.1 Å². The highest BCUT2D eigenvalue weighted by Crippen LogP contribution is 2.19. The van der Waals surface area contributed by atoms with Gasteiger partial charge < -0.3 is 9.84 Å². The van der Waals surface area contributed by atoms with E-state index < -0.39 is 11.8 Å². The van der Waals surface area contributed by atoms with Crippen LogP contribution in [0.2, 0.25) is 0 Å². The predicted molar refractivity (Wildman–Crippen MR) is 77.4 cm³/mol. The Labute approximate surface area is 118 Å². The molecule has 0 bridgehead atoms. The number of benzene rings is 2. The van der Waals surface area contributed by atoms with E-state index in [2.05, 4.69) is 9.24 Å². The molecule has 1 unspecified atom stereocenters. The van der Waals surface area contributed by atoms with Crippen molar-refractivity contribution in [2.24, 2.45) is 0 Å². The van der Waals surface area contributed by atoms with Crippen molar-refractivity contribution in [1.29, 1.82) is 0 Å². The topological polar surface area (TPSA) is 46.5 Å².